The van der Waals surface area contributed by atoms with Gasteiger partial charge in [-0.3, -0.25) is 0 Å². The number of phenolic OH excluding ortho intramolecular Hbond substituents is 1. The molecule has 0 saturated carbocycles. The lowest BCUT2D eigenvalue weighted by Crippen LogP contribution is -2.05. The van der Waals surface area contributed by atoms with Gasteiger partial charge in [0.15, 0.2) is 0 Å². The molecule has 0 bridgehead atoms. The monoisotopic (exact) mass is 214 g/mol. The molecule has 1 N–H and O–H groups in total. The number of phenols is 1. The number of esters is 1. The lowest BCUT2D eigenvalue weighted by Gasteiger charge is -2.09. The molecule has 0 unspecified atom stereocenters. The van der Waals surface area contributed by atoms with Crippen molar-refractivity contribution in [3.63, 3.8) is 0 Å². The normalized spacial score (nSPS) is 10.0. The van der Waals surface area contributed by atoms with Crippen LogP contribution in [0, 0.1) is 13.8 Å². The van der Waals surface area contributed by atoms with Gasteiger partial charge in [0, 0.05) is 0 Å². The van der Waals surface area contributed by atoms with Crippen LogP contribution in [-0.2, 0) is 4.74 Å². The Labute approximate surface area is 87.3 Å². The zero-order chi connectivity index (χ0) is 10.9. The van der Waals surface area contributed by atoms with E-state index in [0.717, 1.165) is 5.56 Å². The number of hydrogen-bond acceptors (Lipinski definition) is 3. The highest BCUT2D eigenvalue weighted by Crippen LogP contribution is 2.33. The number of halogens is 1. The number of carbonyl (C=O) groups is 1. The number of carbonyl (C=O) groups excluding carboxylic acids is 1. The highest BCUT2D eigenvalue weighted by molar-refractivity contribution is 6.33. The topological polar surface area (TPSA) is 46.5 Å². The van der Waals surface area contributed by atoms with E-state index >= 15 is 0 Å². The molecule has 0 fully saturated rings. The number of benzene rings is 1. The van der Waals surface area contributed by atoms with Gasteiger partial charge in [-0.15, -0.1) is 0 Å². The molecule has 76 valence electrons. The van der Waals surface area contributed by atoms with E-state index in [1.165, 1.54) is 7.11 Å². The Morgan fingerprint density at radius 1 is 1.43 bits per heavy atom. The van der Waals surface area contributed by atoms with Gasteiger partial charge in [0.25, 0.3) is 0 Å². The Hall–Kier alpha value is -1.22. The van der Waals surface area contributed by atoms with Gasteiger partial charge in [-0.05, 0) is 25.0 Å². The van der Waals surface area contributed by atoms with Gasteiger partial charge >= 0.3 is 5.97 Å². The molecule has 0 spiro atoms. The maximum Gasteiger partial charge on any atom is 0.341 e. The Balaban J connectivity index is 3.44. The van der Waals surface area contributed by atoms with Crippen molar-refractivity contribution < 1.29 is 14.6 Å². The third-order valence-corrected chi connectivity index (χ3v) is 2.48. The lowest BCUT2D eigenvalue weighted by molar-refractivity contribution is 0.0596. The second kappa shape index (κ2) is 3.88. The van der Waals surface area contributed by atoms with Crippen LogP contribution < -0.4 is 0 Å². The van der Waals surface area contributed by atoms with Gasteiger partial charge in [0.1, 0.15) is 11.3 Å². The summed E-state index contributed by atoms with van der Waals surface area (Å²) in [7, 11) is 1.26. The maximum absolute atomic E-state index is 11.3. The highest BCUT2D eigenvalue weighted by Gasteiger charge is 2.18. The summed E-state index contributed by atoms with van der Waals surface area (Å²) in [6.07, 6.45) is 0. The van der Waals surface area contributed by atoms with E-state index in [1.807, 2.05) is 0 Å². The summed E-state index contributed by atoms with van der Waals surface area (Å²) in [6.45, 7) is 3.48. The number of aromatic hydroxyl groups is 1. The molecular formula is C10H11ClO3. The molecule has 14 heavy (non-hydrogen) atoms. The molecule has 1 rings (SSSR count). The van der Waals surface area contributed by atoms with E-state index in [1.54, 1.807) is 19.9 Å². The van der Waals surface area contributed by atoms with Crippen molar-refractivity contribution in [3.8, 4) is 5.75 Å². The smallest absolute Gasteiger partial charge is 0.341 e. The molecule has 0 saturated heterocycles. The predicted octanol–water partition coefficient (Wildman–Crippen LogP) is 2.45. The molecule has 0 aliphatic carbocycles. The van der Waals surface area contributed by atoms with E-state index in [2.05, 4.69) is 4.74 Å². The fourth-order valence-electron chi connectivity index (χ4n) is 1.30. The van der Waals surface area contributed by atoms with Crippen molar-refractivity contribution in [3.05, 3.63) is 27.8 Å². The van der Waals surface area contributed by atoms with Crippen LogP contribution in [0.25, 0.3) is 0 Å². The first-order valence-corrected chi connectivity index (χ1v) is 4.43. The number of hydrogen-bond donors (Lipinski definition) is 1. The molecule has 0 atom stereocenters. The minimum Gasteiger partial charge on any atom is -0.505 e. The lowest BCUT2D eigenvalue weighted by atomic mass is 10.0. The number of rotatable bonds is 1. The number of methoxy groups -OCH3 is 1. The van der Waals surface area contributed by atoms with Crippen molar-refractivity contribution in [2.75, 3.05) is 7.11 Å². The molecule has 4 heteroatoms. The van der Waals surface area contributed by atoms with E-state index in [4.69, 9.17) is 11.6 Å². The average Bonchev–Trinajstić information content (AvgIpc) is 2.14. The summed E-state index contributed by atoms with van der Waals surface area (Å²) < 4.78 is 4.54. The first-order valence-electron chi connectivity index (χ1n) is 4.06. The quantitative estimate of drug-likeness (QED) is 0.731. The van der Waals surface area contributed by atoms with Crippen LogP contribution in [0.15, 0.2) is 6.07 Å². The summed E-state index contributed by atoms with van der Waals surface area (Å²) in [5.74, 6) is -0.794. The van der Waals surface area contributed by atoms with Crippen LogP contribution >= 0.6 is 11.6 Å². The fraction of sp³-hybridized carbons (Fsp3) is 0.300. The van der Waals surface area contributed by atoms with Gasteiger partial charge in [-0.2, -0.15) is 0 Å². The Morgan fingerprint density at radius 2 is 2.00 bits per heavy atom. The Bertz CT molecular complexity index is 385. The standard InChI is InChI=1S/C10H11ClO3/c1-5-4-6(2)8(11)9(12)7(5)10(13)14-3/h4,12H,1-3H3. The fourth-order valence-corrected chi connectivity index (χ4v) is 1.45. The molecule has 0 aliphatic heterocycles. The van der Waals surface area contributed by atoms with Gasteiger partial charge in [0.2, 0.25) is 0 Å². The Kier molecular flexibility index (Phi) is 3.01. The molecule has 1 aromatic rings. The summed E-state index contributed by atoms with van der Waals surface area (Å²) in [5, 5.41) is 9.82. The second-order valence-corrected chi connectivity index (χ2v) is 3.42. The maximum atomic E-state index is 11.3. The SMILES string of the molecule is COC(=O)c1c(C)cc(C)c(Cl)c1O. The molecule has 0 aromatic heterocycles. The molecule has 1 aromatic carbocycles. The van der Waals surface area contributed by atoms with E-state index < -0.39 is 5.97 Å². The van der Waals surface area contributed by atoms with Crippen LogP contribution in [0.3, 0.4) is 0 Å². The minimum atomic E-state index is -0.582. The molecule has 3 nitrogen and oxygen atoms in total. The molecule has 0 radical (unpaired) electrons. The van der Waals surface area contributed by atoms with Gasteiger partial charge in [0.05, 0.1) is 12.1 Å². The van der Waals surface area contributed by atoms with E-state index in [9.17, 15) is 9.90 Å². The summed E-state index contributed by atoms with van der Waals surface area (Å²) >= 11 is 5.80. The van der Waals surface area contributed by atoms with Crippen LogP contribution in [0.1, 0.15) is 21.5 Å². The number of ether oxygens (including phenoxy) is 1. The number of aryl methyl sites for hydroxylation is 2. The van der Waals surface area contributed by atoms with Gasteiger partial charge in [-0.25, -0.2) is 4.79 Å². The zero-order valence-electron chi connectivity index (χ0n) is 8.22. The van der Waals surface area contributed by atoms with E-state index in [-0.39, 0.29) is 16.3 Å². The summed E-state index contributed by atoms with van der Waals surface area (Å²) in [5.41, 5.74) is 1.51. The van der Waals surface area contributed by atoms with Crippen LogP contribution in [0.4, 0.5) is 0 Å². The molecule has 0 amide bonds. The Morgan fingerprint density at radius 3 is 2.50 bits per heavy atom. The average molecular weight is 215 g/mol. The summed E-state index contributed by atoms with van der Waals surface area (Å²) in [6, 6.07) is 1.73. The third-order valence-electron chi connectivity index (χ3n) is 2.01. The van der Waals surface area contributed by atoms with Gasteiger partial charge in [-0.1, -0.05) is 17.7 Å². The van der Waals surface area contributed by atoms with Crippen molar-refractivity contribution in [1.82, 2.24) is 0 Å². The molecule has 0 heterocycles. The van der Waals surface area contributed by atoms with Gasteiger partial charge < -0.3 is 9.84 Å². The zero-order valence-corrected chi connectivity index (χ0v) is 8.97. The van der Waals surface area contributed by atoms with Crippen molar-refractivity contribution >= 4 is 17.6 Å². The molecule has 0 aliphatic rings. The van der Waals surface area contributed by atoms with Crippen LogP contribution in [-0.4, -0.2) is 18.2 Å². The highest BCUT2D eigenvalue weighted by atomic mass is 35.5. The van der Waals surface area contributed by atoms with E-state index in [0.29, 0.717) is 5.56 Å². The van der Waals surface area contributed by atoms with Crippen molar-refractivity contribution in [2.45, 2.75) is 13.8 Å². The first-order chi connectivity index (χ1) is 6.49. The van der Waals surface area contributed by atoms with Crippen molar-refractivity contribution in [2.24, 2.45) is 0 Å². The predicted molar refractivity (Wildman–Crippen MR) is 53.9 cm³/mol. The molecular weight excluding hydrogens is 204 g/mol. The van der Waals surface area contributed by atoms with Crippen LogP contribution in [0.2, 0.25) is 5.02 Å². The third kappa shape index (κ3) is 1.68. The first kappa shape index (κ1) is 10.9. The summed E-state index contributed by atoms with van der Waals surface area (Å²) in [4.78, 5) is 11.3. The largest absolute Gasteiger partial charge is 0.505 e. The van der Waals surface area contributed by atoms with Crippen LogP contribution in [0.5, 0.6) is 5.75 Å². The second-order valence-electron chi connectivity index (χ2n) is 3.04. The van der Waals surface area contributed by atoms with Crippen molar-refractivity contribution in [1.29, 1.82) is 0 Å². The minimum absolute atomic E-state index is 0.128.